The van der Waals surface area contributed by atoms with Gasteiger partial charge in [-0.15, -0.1) is 0 Å². The maximum Gasteiger partial charge on any atom is 0.416 e. The average molecular weight is 296 g/mol. The van der Waals surface area contributed by atoms with E-state index in [0.29, 0.717) is 11.3 Å². The number of hydrogen-bond acceptors (Lipinski definition) is 3. The van der Waals surface area contributed by atoms with Crippen LogP contribution in [0.5, 0.6) is 0 Å². The summed E-state index contributed by atoms with van der Waals surface area (Å²) in [6, 6.07) is 6.21. The summed E-state index contributed by atoms with van der Waals surface area (Å²) in [5, 5.41) is 11.7. The number of nitrogens with zero attached hydrogens (tertiary/aromatic N) is 1. The Morgan fingerprint density at radius 1 is 1.24 bits per heavy atom. The Bertz CT molecular complexity index is 684. The Hall–Kier alpha value is -2.57. The molecule has 0 bridgehead atoms. The topological polar surface area (TPSA) is 62.2 Å². The molecular formula is C14H11F3N2O2. The van der Waals surface area contributed by atoms with Gasteiger partial charge < -0.3 is 10.4 Å². The first-order valence-electron chi connectivity index (χ1n) is 5.91. The summed E-state index contributed by atoms with van der Waals surface area (Å²) in [5.41, 5.74) is 0.160. The number of pyridine rings is 1. The van der Waals surface area contributed by atoms with Gasteiger partial charge in [0.2, 0.25) is 0 Å². The minimum atomic E-state index is -4.46. The number of aromatic nitrogens is 1. The number of nitrogens with one attached hydrogen (secondary N) is 1. The number of hydrogen-bond donors (Lipinski definition) is 2. The smallest absolute Gasteiger partial charge is 0.416 e. The molecule has 0 fully saturated rings. The molecule has 0 saturated heterocycles. The van der Waals surface area contributed by atoms with Gasteiger partial charge in [-0.3, -0.25) is 0 Å². The SMILES string of the molecule is Cc1ccc(Nc2cc(C(F)(F)F)ccn2)cc1C(=O)O. The first-order valence-corrected chi connectivity index (χ1v) is 5.91. The third kappa shape index (κ3) is 3.50. The van der Waals surface area contributed by atoms with Crippen LogP contribution in [0.2, 0.25) is 0 Å². The second-order valence-electron chi connectivity index (χ2n) is 4.39. The van der Waals surface area contributed by atoms with Gasteiger partial charge in [0.15, 0.2) is 0 Å². The summed E-state index contributed by atoms with van der Waals surface area (Å²) in [6.07, 6.45) is -3.42. The minimum absolute atomic E-state index is 0.00924. The first kappa shape index (κ1) is 14.8. The molecule has 2 rings (SSSR count). The Morgan fingerprint density at radius 2 is 1.95 bits per heavy atom. The van der Waals surface area contributed by atoms with Crippen molar-refractivity contribution in [3.8, 4) is 0 Å². The third-order valence-electron chi connectivity index (χ3n) is 2.83. The summed E-state index contributed by atoms with van der Waals surface area (Å²) in [6.45, 7) is 1.63. The van der Waals surface area contributed by atoms with Crippen molar-refractivity contribution in [1.82, 2.24) is 4.98 Å². The van der Waals surface area contributed by atoms with Crippen LogP contribution in [-0.2, 0) is 6.18 Å². The molecule has 1 heterocycles. The summed E-state index contributed by atoms with van der Waals surface area (Å²) in [5.74, 6) is -1.11. The number of benzene rings is 1. The van der Waals surface area contributed by atoms with Crippen molar-refractivity contribution in [1.29, 1.82) is 0 Å². The quantitative estimate of drug-likeness (QED) is 0.903. The monoisotopic (exact) mass is 296 g/mol. The molecule has 0 spiro atoms. The molecule has 21 heavy (non-hydrogen) atoms. The van der Waals surface area contributed by atoms with Crippen LogP contribution in [-0.4, -0.2) is 16.1 Å². The van der Waals surface area contributed by atoms with Gasteiger partial charge in [-0.25, -0.2) is 9.78 Å². The van der Waals surface area contributed by atoms with E-state index in [4.69, 9.17) is 5.11 Å². The van der Waals surface area contributed by atoms with E-state index in [-0.39, 0.29) is 11.4 Å². The molecule has 0 unspecified atom stereocenters. The minimum Gasteiger partial charge on any atom is -0.478 e. The molecule has 1 aromatic carbocycles. The Kier molecular flexibility index (Phi) is 3.84. The van der Waals surface area contributed by atoms with Crippen LogP contribution in [0, 0.1) is 6.92 Å². The van der Waals surface area contributed by atoms with Crippen LogP contribution in [0.4, 0.5) is 24.7 Å². The van der Waals surface area contributed by atoms with Crippen molar-refractivity contribution < 1.29 is 23.1 Å². The molecule has 0 amide bonds. The molecule has 2 aromatic rings. The molecule has 0 saturated carbocycles. The van der Waals surface area contributed by atoms with Crippen LogP contribution >= 0.6 is 0 Å². The summed E-state index contributed by atoms with van der Waals surface area (Å²) < 4.78 is 37.8. The van der Waals surface area contributed by atoms with E-state index >= 15 is 0 Å². The van der Waals surface area contributed by atoms with Gasteiger partial charge in [-0.05, 0) is 36.8 Å². The predicted octanol–water partition coefficient (Wildman–Crippen LogP) is 3.85. The van der Waals surface area contributed by atoms with Crippen molar-refractivity contribution in [3.05, 3.63) is 53.2 Å². The van der Waals surface area contributed by atoms with Gasteiger partial charge >= 0.3 is 12.1 Å². The molecule has 4 nitrogen and oxygen atoms in total. The highest BCUT2D eigenvalue weighted by Gasteiger charge is 2.30. The lowest BCUT2D eigenvalue weighted by Gasteiger charge is -2.11. The predicted molar refractivity (Wildman–Crippen MR) is 70.7 cm³/mol. The number of alkyl halides is 3. The molecule has 1 aromatic heterocycles. The zero-order chi connectivity index (χ0) is 15.6. The molecule has 2 N–H and O–H groups in total. The number of aromatic carboxylic acids is 1. The van der Waals surface area contributed by atoms with Crippen LogP contribution in [0.3, 0.4) is 0 Å². The van der Waals surface area contributed by atoms with Gasteiger partial charge in [0.1, 0.15) is 5.82 Å². The molecule has 0 aliphatic heterocycles. The molecule has 0 aliphatic carbocycles. The largest absolute Gasteiger partial charge is 0.478 e. The van der Waals surface area contributed by atoms with Crippen molar-refractivity contribution in [2.24, 2.45) is 0 Å². The first-order chi connectivity index (χ1) is 9.77. The standard InChI is InChI=1S/C14H11F3N2O2/c1-8-2-3-10(7-11(8)13(20)21)19-12-6-9(4-5-18-12)14(15,16)17/h2-7H,1H3,(H,18,19)(H,20,21). The van der Waals surface area contributed by atoms with Crippen LogP contribution in [0.15, 0.2) is 36.5 Å². The highest BCUT2D eigenvalue weighted by Crippen LogP contribution is 2.30. The Labute approximate surface area is 118 Å². The van der Waals surface area contributed by atoms with Crippen molar-refractivity contribution in [2.45, 2.75) is 13.1 Å². The van der Waals surface area contributed by atoms with E-state index < -0.39 is 17.7 Å². The lowest BCUT2D eigenvalue weighted by atomic mass is 10.1. The van der Waals surface area contributed by atoms with Crippen LogP contribution < -0.4 is 5.32 Å². The number of anilines is 2. The van der Waals surface area contributed by atoms with Gasteiger partial charge in [0.05, 0.1) is 11.1 Å². The maximum atomic E-state index is 12.6. The van der Waals surface area contributed by atoms with Gasteiger partial charge in [-0.1, -0.05) is 6.07 Å². The zero-order valence-electron chi connectivity index (χ0n) is 10.9. The highest BCUT2D eigenvalue weighted by atomic mass is 19.4. The highest BCUT2D eigenvalue weighted by molar-refractivity contribution is 5.90. The molecular weight excluding hydrogens is 285 g/mol. The lowest BCUT2D eigenvalue weighted by molar-refractivity contribution is -0.137. The summed E-state index contributed by atoms with van der Waals surface area (Å²) >= 11 is 0. The van der Waals surface area contributed by atoms with E-state index in [1.54, 1.807) is 19.1 Å². The van der Waals surface area contributed by atoms with E-state index in [2.05, 4.69) is 10.3 Å². The number of aryl methyl sites for hydroxylation is 1. The number of rotatable bonds is 3. The zero-order valence-corrected chi connectivity index (χ0v) is 10.9. The number of halogens is 3. The Balaban J connectivity index is 2.31. The fourth-order valence-electron chi connectivity index (χ4n) is 1.75. The summed E-state index contributed by atoms with van der Waals surface area (Å²) in [4.78, 5) is 14.8. The summed E-state index contributed by atoms with van der Waals surface area (Å²) in [7, 11) is 0. The molecule has 110 valence electrons. The maximum absolute atomic E-state index is 12.6. The number of carboxylic acids is 1. The molecule has 7 heteroatoms. The van der Waals surface area contributed by atoms with Crippen LogP contribution in [0.1, 0.15) is 21.5 Å². The van der Waals surface area contributed by atoms with Gasteiger partial charge in [-0.2, -0.15) is 13.2 Å². The average Bonchev–Trinajstić information content (AvgIpc) is 2.40. The van der Waals surface area contributed by atoms with Gasteiger partial charge in [0, 0.05) is 11.9 Å². The molecule has 0 radical (unpaired) electrons. The fraction of sp³-hybridized carbons (Fsp3) is 0.143. The lowest BCUT2D eigenvalue weighted by Crippen LogP contribution is -2.06. The van der Waals surface area contributed by atoms with E-state index in [1.165, 1.54) is 6.07 Å². The van der Waals surface area contributed by atoms with Gasteiger partial charge in [0.25, 0.3) is 0 Å². The second kappa shape index (κ2) is 5.43. The third-order valence-corrected chi connectivity index (χ3v) is 2.83. The second-order valence-corrected chi connectivity index (χ2v) is 4.39. The Morgan fingerprint density at radius 3 is 2.57 bits per heavy atom. The molecule has 0 aliphatic rings. The van der Waals surface area contributed by atoms with Crippen molar-refractivity contribution in [3.63, 3.8) is 0 Å². The van der Waals surface area contributed by atoms with Crippen molar-refractivity contribution in [2.75, 3.05) is 5.32 Å². The van der Waals surface area contributed by atoms with Crippen LogP contribution in [0.25, 0.3) is 0 Å². The number of carboxylic acid groups (broad SMARTS) is 1. The van der Waals surface area contributed by atoms with Crippen molar-refractivity contribution >= 4 is 17.5 Å². The van der Waals surface area contributed by atoms with E-state index in [9.17, 15) is 18.0 Å². The number of carbonyl (C=O) groups is 1. The fourth-order valence-corrected chi connectivity index (χ4v) is 1.75. The van der Waals surface area contributed by atoms with E-state index in [1.807, 2.05) is 0 Å². The normalized spacial score (nSPS) is 11.2. The molecule has 0 atom stereocenters. The van der Waals surface area contributed by atoms with E-state index in [0.717, 1.165) is 18.3 Å².